The molecule has 1 saturated heterocycles. The zero-order valence-electron chi connectivity index (χ0n) is 12.6. The van der Waals surface area contributed by atoms with E-state index < -0.39 is 0 Å². The molecular weight excluding hydrogens is 278 g/mol. The van der Waals surface area contributed by atoms with E-state index in [2.05, 4.69) is 43.3 Å². The van der Waals surface area contributed by atoms with Crippen molar-refractivity contribution in [3.63, 3.8) is 0 Å². The Kier molecular flexibility index (Phi) is 4.20. The van der Waals surface area contributed by atoms with Gasteiger partial charge in [-0.1, -0.05) is 37.3 Å². The van der Waals surface area contributed by atoms with Gasteiger partial charge in [0, 0.05) is 25.0 Å². The van der Waals surface area contributed by atoms with Crippen molar-refractivity contribution < 1.29 is 4.79 Å². The molecule has 1 aliphatic rings. The van der Waals surface area contributed by atoms with E-state index in [1.807, 2.05) is 16.7 Å². The average Bonchev–Trinajstić information content (AvgIpc) is 2.53. The lowest BCUT2D eigenvalue weighted by atomic mass is 9.99. The van der Waals surface area contributed by atoms with Gasteiger partial charge in [-0.3, -0.25) is 4.79 Å². The predicted molar refractivity (Wildman–Crippen MR) is 90.8 cm³/mol. The number of aryl methyl sites for hydroxylation is 1. The maximum atomic E-state index is 11.8. The molecule has 21 heavy (non-hydrogen) atoms. The molecule has 1 atom stereocenters. The highest BCUT2D eigenvalue weighted by molar-refractivity contribution is 7.99. The van der Waals surface area contributed by atoms with Gasteiger partial charge in [0.2, 0.25) is 5.91 Å². The fraction of sp³-hybridized carbons (Fsp3) is 0.389. The lowest BCUT2D eigenvalue weighted by molar-refractivity contribution is -0.130. The number of thioether (sulfide) groups is 1. The van der Waals surface area contributed by atoms with E-state index in [1.165, 1.54) is 21.9 Å². The summed E-state index contributed by atoms with van der Waals surface area (Å²) in [6.07, 6.45) is 1.06. The van der Waals surface area contributed by atoms with E-state index in [0.717, 1.165) is 24.5 Å². The molecule has 0 radical (unpaired) electrons. The van der Waals surface area contributed by atoms with E-state index in [4.69, 9.17) is 0 Å². The Bertz CT molecular complexity index is 667. The number of hydrogen-bond donors (Lipinski definition) is 0. The zero-order chi connectivity index (χ0) is 14.8. The van der Waals surface area contributed by atoms with Crippen molar-refractivity contribution in [3.8, 4) is 0 Å². The molecular formula is C18H21NOS. The number of carbonyl (C=O) groups is 1. The standard InChI is InChI=1S/C18H21NOS/c1-3-14-4-5-16-11-17(7-6-15(16)10-14)18-12-21-9-8-19(18)13(2)20/h4-7,10-11,18H,3,8-9,12H2,1-2H3. The van der Waals surface area contributed by atoms with Gasteiger partial charge in [0.15, 0.2) is 0 Å². The van der Waals surface area contributed by atoms with Gasteiger partial charge in [-0.2, -0.15) is 11.8 Å². The summed E-state index contributed by atoms with van der Waals surface area (Å²) >= 11 is 1.94. The zero-order valence-corrected chi connectivity index (χ0v) is 13.5. The minimum absolute atomic E-state index is 0.182. The Morgan fingerprint density at radius 1 is 1.24 bits per heavy atom. The van der Waals surface area contributed by atoms with Gasteiger partial charge in [-0.25, -0.2) is 0 Å². The smallest absolute Gasteiger partial charge is 0.220 e. The minimum atomic E-state index is 0.182. The van der Waals surface area contributed by atoms with Crippen LogP contribution in [0.2, 0.25) is 0 Å². The molecule has 3 heteroatoms. The highest BCUT2D eigenvalue weighted by atomic mass is 32.2. The van der Waals surface area contributed by atoms with E-state index in [0.29, 0.717) is 0 Å². The molecule has 1 heterocycles. The molecule has 0 N–H and O–H groups in total. The van der Waals surface area contributed by atoms with Crippen LogP contribution in [0.5, 0.6) is 0 Å². The third-order valence-corrected chi connectivity index (χ3v) is 5.28. The fourth-order valence-electron chi connectivity index (χ4n) is 3.00. The summed E-state index contributed by atoms with van der Waals surface area (Å²) in [7, 11) is 0. The summed E-state index contributed by atoms with van der Waals surface area (Å²) in [5, 5.41) is 2.56. The maximum absolute atomic E-state index is 11.8. The second-order valence-corrected chi connectivity index (χ2v) is 6.75. The first-order valence-corrected chi connectivity index (χ1v) is 8.72. The molecule has 2 nitrogen and oxygen atoms in total. The molecule has 2 aromatic carbocycles. The van der Waals surface area contributed by atoms with E-state index in [-0.39, 0.29) is 11.9 Å². The normalized spacial score (nSPS) is 19.0. The van der Waals surface area contributed by atoms with Crippen molar-refractivity contribution in [1.82, 2.24) is 4.90 Å². The number of benzene rings is 2. The van der Waals surface area contributed by atoms with Gasteiger partial charge in [-0.15, -0.1) is 0 Å². The van der Waals surface area contributed by atoms with Gasteiger partial charge in [0.25, 0.3) is 0 Å². The molecule has 1 unspecified atom stereocenters. The van der Waals surface area contributed by atoms with Crippen LogP contribution in [-0.2, 0) is 11.2 Å². The van der Waals surface area contributed by atoms with Crippen molar-refractivity contribution in [2.24, 2.45) is 0 Å². The van der Waals surface area contributed by atoms with E-state index in [9.17, 15) is 4.79 Å². The summed E-state index contributed by atoms with van der Waals surface area (Å²) in [4.78, 5) is 13.9. The molecule has 2 aromatic rings. The van der Waals surface area contributed by atoms with Crippen molar-refractivity contribution >= 4 is 28.4 Å². The molecule has 0 saturated carbocycles. The van der Waals surface area contributed by atoms with Crippen LogP contribution in [0.15, 0.2) is 36.4 Å². The monoisotopic (exact) mass is 299 g/mol. The molecule has 1 aliphatic heterocycles. The number of hydrogen-bond acceptors (Lipinski definition) is 2. The summed E-state index contributed by atoms with van der Waals surface area (Å²) in [6.45, 7) is 4.72. The van der Waals surface area contributed by atoms with Crippen LogP contribution in [-0.4, -0.2) is 28.9 Å². The van der Waals surface area contributed by atoms with E-state index in [1.54, 1.807) is 6.92 Å². The molecule has 1 fully saturated rings. The SMILES string of the molecule is CCc1ccc2cc(C3CSCCN3C(C)=O)ccc2c1. The minimum Gasteiger partial charge on any atom is -0.334 e. The van der Waals surface area contributed by atoms with Gasteiger partial charge in [-0.05, 0) is 34.4 Å². The van der Waals surface area contributed by atoms with Crippen molar-refractivity contribution in [1.29, 1.82) is 0 Å². The molecule has 0 aromatic heterocycles. The van der Waals surface area contributed by atoms with Gasteiger partial charge in [0.1, 0.15) is 0 Å². The quantitative estimate of drug-likeness (QED) is 0.834. The average molecular weight is 299 g/mol. The number of rotatable bonds is 2. The Hall–Kier alpha value is -1.48. The largest absolute Gasteiger partial charge is 0.334 e. The lowest BCUT2D eigenvalue weighted by Gasteiger charge is -2.35. The van der Waals surface area contributed by atoms with Crippen molar-refractivity contribution in [2.75, 3.05) is 18.1 Å². The highest BCUT2D eigenvalue weighted by Gasteiger charge is 2.26. The maximum Gasteiger partial charge on any atom is 0.220 e. The lowest BCUT2D eigenvalue weighted by Crippen LogP contribution is -2.39. The summed E-state index contributed by atoms with van der Waals surface area (Å²) < 4.78 is 0. The molecule has 0 spiro atoms. The second kappa shape index (κ2) is 6.10. The topological polar surface area (TPSA) is 20.3 Å². The molecule has 0 bridgehead atoms. The third-order valence-electron chi connectivity index (χ3n) is 4.25. The number of carbonyl (C=O) groups excluding carboxylic acids is 1. The van der Waals surface area contributed by atoms with Crippen LogP contribution in [0.3, 0.4) is 0 Å². The first kappa shape index (κ1) is 14.5. The van der Waals surface area contributed by atoms with Crippen molar-refractivity contribution in [3.05, 3.63) is 47.5 Å². The van der Waals surface area contributed by atoms with Crippen molar-refractivity contribution in [2.45, 2.75) is 26.3 Å². The van der Waals surface area contributed by atoms with E-state index >= 15 is 0 Å². The predicted octanol–water partition coefficient (Wildman–Crippen LogP) is 4.04. The summed E-state index contributed by atoms with van der Waals surface area (Å²) in [6, 6.07) is 13.5. The van der Waals surface area contributed by atoms with Crippen LogP contribution in [0.4, 0.5) is 0 Å². The summed E-state index contributed by atoms with van der Waals surface area (Å²) in [5.41, 5.74) is 2.63. The van der Waals surface area contributed by atoms with Crippen LogP contribution < -0.4 is 0 Å². The molecule has 1 amide bonds. The fourth-order valence-corrected chi connectivity index (χ4v) is 4.09. The Morgan fingerprint density at radius 3 is 2.76 bits per heavy atom. The number of fused-ring (bicyclic) bond motifs is 1. The second-order valence-electron chi connectivity index (χ2n) is 5.60. The van der Waals surface area contributed by atoms with Crippen LogP contribution >= 0.6 is 11.8 Å². The first-order valence-electron chi connectivity index (χ1n) is 7.56. The highest BCUT2D eigenvalue weighted by Crippen LogP contribution is 2.31. The molecule has 3 rings (SSSR count). The van der Waals surface area contributed by atoms with Gasteiger partial charge >= 0.3 is 0 Å². The Labute approximate surface area is 130 Å². The third kappa shape index (κ3) is 2.93. The van der Waals surface area contributed by atoms with Gasteiger partial charge in [0.05, 0.1) is 6.04 Å². The van der Waals surface area contributed by atoms with Crippen LogP contribution in [0.1, 0.15) is 31.0 Å². The molecule has 110 valence electrons. The number of amides is 1. The molecule has 0 aliphatic carbocycles. The van der Waals surface area contributed by atoms with Gasteiger partial charge < -0.3 is 4.90 Å². The first-order chi connectivity index (χ1) is 10.2. The Balaban J connectivity index is 1.97. The Morgan fingerprint density at radius 2 is 2.00 bits per heavy atom. The number of nitrogens with zero attached hydrogens (tertiary/aromatic N) is 1. The van der Waals surface area contributed by atoms with Crippen LogP contribution in [0.25, 0.3) is 10.8 Å². The van der Waals surface area contributed by atoms with Crippen LogP contribution in [0, 0.1) is 0 Å². The summed E-state index contributed by atoms with van der Waals surface area (Å²) in [5.74, 6) is 2.23.